The maximum absolute atomic E-state index is 12.2. The fourth-order valence-electron chi connectivity index (χ4n) is 3.39. The normalized spacial score (nSPS) is 15.5. The van der Waals surface area contributed by atoms with E-state index in [2.05, 4.69) is 20.1 Å². The van der Waals surface area contributed by atoms with Gasteiger partial charge in [0.15, 0.2) is 5.16 Å². The van der Waals surface area contributed by atoms with Crippen LogP contribution in [-0.4, -0.2) is 34.8 Å². The molecule has 3 rings (SSSR count). The van der Waals surface area contributed by atoms with Gasteiger partial charge in [-0.25, -0.2) is 13.6 Å². The third-order valence-electron chi connectivity index (χ3n) is 4.85. The lowest BCUT2D eigenvalue weighted by molar-refractivity contribution is -0.118. The first-order chi connectivity index (χ1) is 13.3. The lowest BCUT2D eigenvalue weighted by Crippen LogP contribution is -2.25. The number of carbonyl (C=O) groups excluding carboxylic acids is 1. The van der Waals surface area contributed by atoms with E-state index in [4.69, 9.17) is 5.14 Å². The van der Waals surface area contributed by atoms with Crippen LogP contribution in [0.15, 0.2) is 34.3 Å². The van der Waals surface area contributed by atoms with E-state index in [1.165, 1.54) is 43.2 Å². The van der Waals surface area contributed by atoms with E-state index < -0.39 is 10.0 Å². The molecule has 1 heterocycles. The molecule has 10 heteroatoms. The molecule has 28 heavy (non-hydrogen) atoms. The molecule has 152 valence electrons. The van der Waals surface area contributed by atoms with Crippen LogP contribution in [0.5, 0.6) is 0 Å². The summed E-state index contributed by atoms with van der Waals surface area (Å²) in [6.07, 6.45) is 5.98. The summed E-state index contributed by atoms with van der Waals surface area (Å²) >= 11 is 1.39. The minimum atomic E-state index is -3.71. The van der Waals surface area contributed by atoms with Gasteiger partial charge in [-0.05, 0) is 37.5 Å². The van der Waals surface area contributed by atoms with Crippen LogP contribution in [-0.2, 0) is 21.4 Å². The Balaban J connectivity index is 1.52. The molecular weight excluding hydrogens is 398 g/mol. The van der Waals surface area contributed by atoms with Crippen molar-refractivity contribution in [2.75, 3.05) is 5.75 Å². The van der Waals surface area contributed by atoms with Crippen LogP contribution in [0.4, 0.5) is 0 Å². The van der Waals surface area contributed by atoms with Gasteiger partial charge in [0, 0.05) is 12.6 Å². The summed E-state index contributed by atoms with van der Waals surface area (Å²) in [5.74, 6) is 1.03. The topological polar surface area (TPSA) is 120 Å². The first-order valence-corrected chi connectivity index (χ1v) is 11.8. The third-order valence-corrected chi connectivity index (χ3v) is 6.72. The Morgan fingerprint density at radius 1 is 1.21 bits per heavy atom. The molecule has 1 aliphatic carbocycles. The monoisotopic (exact) mass is 423 g/mol. The Morgan fingerprint density at radius 2 is 1.89 bits per heavy atom. The summed E-state index contributed by atoms with van der Waals surface area (Å²) in [6.45, 7) is 2.27. The second-order valence-electron chi connectivity index (χ2n) is 6.95. The molecule has 0 spiro atoms. The molecule has 3 N–H and O–H groups in total. The number of hydrogen-bond donors (Lipinski definition) is 2. The summed E-state index contributed by atoms with van der Waals surface area (Å²) in [4.78, 5) is 12.3. The highest BCUT2D eigenvalue weighted by molar-refractivity contribution is 7.99. The van der Waals surface area contributed by atoms with Crippen molar-refractivity contribution in [3.05, 3.63) is 35.7 Å². The van der Waals surface area contributed by atoms with E-state index in [0.717, 1.165) is 29.4 Å². The van der Waals surface area contributed by atoms with Crippen molar-refractivity contribution in [1.29, 1.82) is 0 Å². The highest BCUT2D eigenvalue weighted by Crippen LogP contribution is 2.32. The molecule has 0 unspecified atom stereocenters. The number of amides is 1. The van der Waals surface area contributed by atoms with E-state index in [1.807, 2.05) is 6.92 Å². The second-order valence-corrected chi connectivity index (χ2v) is 9.45. The van der Waals surface area contributed by atoms with E-state index in [1.54, 1.807) is 12.1 Å². The van der Waals surface area contributed by atoms with Crippen molar-refractivity contribution >= 4 is 27.7 Å². The zero-order valence-corrected chi connectivity index (χ0v) is 17.4. The Morgan fingerprint density at radius 3 is 2.54 bits per heavy atom. The molecule has 1 saturated carbocycles. The van der Waals surface area contributed by atoms with Crippen LogP contribution in [0.1, 0.15) is 49.5 Å². The second kappa shape index (κ2) is 9.06. The minimum Gasteiger partial charge on any atom is -0.351 e. The molecule has 2 aromatic rings. The highest BCUT2D eigenvalue weighted by Gasteiger charge is 2.21. The van der Waals surface area contributed by atoms with Gasteiger partial charge < -0.3 is 9.88 Å². The maximum Gasteiger partial charge on any atom is 0.238 e. The van der Waals surface area contributed by atoms with Crippen LogP contribution in [0, 0.1) is 6.92 Å². The van der Waals surface area contributed by atoms with Crippen molar-refractivity contribution in [2.24, 2.45) is 5.14 Å². The SMILES string of the molecule is Cc1nnc(SCC(=O)NCc2ccc(S(N)(=O)=O)cc2)n1C1CCCCC1. The third kappa shape index (κ3) is 5.33. The van der Waals surface area contributed by atoms with Gasteiger partial charge in [-0.3, -0.25) is 4.79 Å². The molecule has 0 saturated heterocycles. The predicted molar refractivity (Wildman–Crippen MR) is 107 cm³/mol. The molecule has 0 atom stereocenters. The average Bonchev–Trinajstić information content (AvgIpc) is 3.05. The zero-order valence-electron chi connectivity index (χ0n) is 15.8. The number of carbonyl (C=O) groups is 1. The standard InChI is InChI=1S/C18H25N5O3S2/c1-13-21-22-18(23(13)15-5-3-2-4-6-15)27-12-17(24)20-11-14-7-9-16(10-8-14)28(19,25)26/h7-10,15H,2-6,11-12H2,1H3,(H,20,24)(H2,19,25,26). The van der Waals surface area contributed by atoms with Crippen LogP contribution >= 0.6 is 11.8 Å². The van der Waals surface area contributed by atoms with E-state index in [-0.39, 0.29) is 16.6 Å². The number of rotatable bonds is 7. The number of primary sulfonamides is 1. The van der Waals surface area contributed by atoms with Crippen LogP contribution in [0.2, 0.25) is 0 Å². The summed E-state index contributed by atoms with van der Waals surface area (Å²) in [7, 11) is -3.71. The minimum absolute atomic E-state index is 0.0514. The molecular formula is C18H25N5O3S2. The molecule has 1 aromatic carbocycles. The number of aromatic nitrogens is 3. The van der Waals surface area contributed by atoms with Crippen molar-refractivity contribution in [2.45, 2.75) is 61.7 Å². The van der Waals surface area contributed by atoms with Crippen molar-refractivity contribution in [3.8, 4) is 0 Å². The molecule has 1 amide bonds. The molecule has 1 aliphatic rings. The maximum atomic E-state index is 12.2. The lowest BCUT2D eigenvalue weighted by Gasteiger charge is -2.24. The Labute approximate surface area is 169 Å². The predicted octanol–water partition coefficient (Wildman–Crippen LogP) is 2.15. The van der Waals surface area contributed by atoms with Gasteiger partial charge in [-0.1, -0.05) is 43.2 Å². The van der Waals surface area contributed by atoms with Gasteiger partial charge >= 0.3 is 0 Å². The van der Waals surface area contributed by atoms with Gasteiger partial charge in [0.05, 0.1) is 10.6 Å². The molecule has 0 radical (unpaired) electrons. The first kappa shape index (κ1) is 20.8. The number of thioether (sulfide) groups is 1. The summed E-state index contributed by atoms with van der Waals surface area (Å²) < 4.78 is 24.7. The lowest BCUT2D eigenvalue weighted by atomic mass is 9.95. The molecule has 0 aliphatic heterocycles. The number of nitrogens with two attached hydrogens (primary N) is 1. The highest BCUT2D eigenvalue weighted by atomic mass is 32.2. The Kier molecular flexibility index (Phi) is 6.73. The van der Waals surface area contributed by atoms with Gasteiger partial charge in [0.2, 0.25) is 15.9 Å². The molecule has 1 aromatic heterocycles. The van der Waals surface area contributed by atoms with Gasteiger partial charge in [-0.15, -0.1) is 10.2 Å². The van der Waals surface area contributed by atoms with Gasteiger partial charge in [0.25, 0.3) is 0 Å². The van der Waals surface area contributed by atoms with E-state index in [9.17, 15) is 13.2 Å². The average molecular weight is 424 g/mol. The van der Waals surface area contributed by atoms with Crippen LogP contribution in [0.3, 0.4) is 0 Å². The van der Waals surface area contributed by atoms with Crippen molar-refractivity contribution < 1.29 is 13.2 Å². The molecule has 1 fully saturated rings. The number of aryl methyl sites for hydroxylation is 1. The summed E-state index contributed by atoms with van der Waals surface area (Å²) in [5.41, 5.74) is 0.798. The number of sulfonamides is 1. The summed E-state index contributed by atoms with van der Waals surface area (Å²) in [5, 5.41) is 17.1. The van der Waals surface area contributed by atoms with Gasteiger partial charge in [-0.2, -0.15) is 0 Å². The number of nitrogens with zero attached hydrogens (tertiary/aromatic N) is 3. The number of benzene rings is 1. The first-order valence-electron chi connectivity index (χ1n) is 9.27. The largest absolute Gasteiger partial charge is 0.351 e. The van der Waals surface area contributed by atoms with E-state index in [0.29, 0.717) is 12.6 Å². The van der Waals surface area contributed by atoms with E-state index >= 15 is 0 Å². The number of nitrogens with one attached hydrogen (secondary N) is 1. The zero-order chi connectivity index (χ0) is 20.1. The van der Waals surface area contributed by atoms with Crippen LogP contribution in [0.25, 0.3) is 0 Å². The summed E-state index contributed by atoms with van der Waals surface area (Å²) in [6, 6.07) is 6.56. The number of hydrogen-bond acceptors (Lipinski definition) is 6. The molecule has 8 nitrogen and oxygen atoms in total. The molecule has 0 bridgehead atoms. The quantitative estimate of drug-likeness (QED) is 0.659. The van der Waals surface area contributed by atoms with Crippen molar-refractivity contribution in [3.63, 3.8) is 0 Å². The fourth-order valence-corrected chi connectivity index (χ4v) is 4.78. The van der Waals surface area contributed by atoms with Gasteiger partial charge in [0.1, 0.15) is 5.82 Å². The van der Waals surface area contributed by atoms with Crippen LogP contribution < -0.4 is 10.5 Å². The fraction of sp³-hybridized carbons (Fsp3) is 0.500. The Hall–Kier alpha value is -1.91. The van der Waals surface area contributed by atoms with Crippen molar-refractivity contribution in [1.82, 2.24) is 20.1 Å². The Bertz CT molecular complexity index is 919. The smallest absolute Gasteiger partial charge is 0.238 e.